The Morgan fingerprint density at radius 3 is 2.81 bits per heavy atom. The molecule has 21 heavy (non-hydrogen) atoms. The van der Waals surface area contributed by atoms with Crippen molar-refractivity contribution < 1.29 is 4.79 Å². The standard InChI is InChI=1S/C12H18N8O/c1-8(2)15-9(21)7-19(3)11-16-10(13)17-12(18-11)20-6-4-5-14-20/h4-6,8H,7H2,1-3H3,(H,15,21)(H2,13,16,17,18). The summed E-state index contributed by atoms with van der Waals surface area (Å²) in [5, 5.41) is 6.84. The van der Waals surface area contributed by atoms with Crippen molar-refractivity contribution in [2.45, 2.75) is 19.9 Å². The molecule has 0 bridgehead atoms. The highest BCUT2D eigenvalue weighted by molar-refractivity contribution is 5.80. The van der Waals surface area contributed by atoms with Gasteiger partial charge in [0.05, 0.1) is 6.54 Å². The maximum Gasteiger partial charge on any atom is 0.257 e. The number of hydrogen-bond acceptors (Lipinski definition) is 7. The van der Waals surface area contributed by atoms with Crippen LogP contribution < -0.4 is 16.0 Å². The monoisotopic (exact) mass is 290 g/mol. The van der Waals surface area contributed by atoms with Crippen molar-refractivity contribution in [2.75, 3.05) is 24.2 Å². The lowest BCUT2D eigenvalue weighted by Crippen LogP contribution is -2.39. The first-order valence-electron chi connectivity index (χ1n) is 6.48. The van der Waals surface area contributed by atoms with Crippen LogP contribution in [0.3, 0.4) is 0 Å². The molecule has 2 aromatic heterocycles. The predicted octanol–water partition coefficient (Wildman–Crippen LogP) is -0.400. The second-order valence-electron chi connectivity index (χ2n) is 4.82. The number of carbonyl (C=O) groups is 1. The highest BCUT2D eigenvalue weighted by atomic mass is 16.2. The molecule has 2 rings (SSSR count). The summed E-state index contributed by atoms with van der Waals surface area (Å²) in [6.45, 7) is 3.92. The minimum atomic E-state index is -0.118. The third-order valence-electron chi connectivity index (χ3n) is 2.51. The third-order valence-corrected chi connectivity index (χ3v) is 2.51. The van der Waals surface area contributed by atoms with Gasteiger partial charge in [0, 0.05) is 25.5 Å². The Labute approximate surface area is 122 Å². The molecule has 0 radical (unpaired) electrons. The summed E-state index contributed by atoms with van der Waals surface area (Å²) in [5.74, 6) is 0.569. The van der Waals surface area contributed by atoms with Crippen LogP contribution in [0.25, 0.3) is 5.95 Å². The van der Waals surface area contributed by atoms with Crippen LogP contribution in [0.1, 0.15) is 13.8 Å². The lowest BCUT2D eigenvalue weighted by Gasteiger charge is -2.18. The van der Waals surface area contributed by atoms with Gasteiger partial charge in [0.1, 0.15) is 0 Å². The molecule has 0 unspecified atom stereocenters. The molecule has 9 nitrogen and oxygen atoms in total. The van der Waals surface area contributed by atoms with E-state index in [0.717, 1.165) is 0 Å². The molecule has 0 spiro atoms. The third kappa shape index (κ3) is 3.88. The van der Waals surface area contributed by atoms with Crippen LogP contribution in [0.4, 0.5) is 11.9 Å². The summed E-state index contributed by atoms with van der Waals surface area (Å²) < 4.78 is 1.48. The summed E-state index contributed by atoms with van der Waals surface area (Å²) in [7, 11) is 1.71. The number of carbonyl (C=O) groups excluding carboxylic acids is 1. The average molecular weight is 290 g/mol. The van der Waals surface area contributed by atoms with Crippen molar-refractivity contribution in [2.24, 2.45) is 0 Å². The molecule has 2 heterocycles. The maximum atomic E-state index is 11.8. The normalized spacial score (nSPS) is 10.7. The van der Waals surface area contributed by atoms with Gasteiger partial charge in [-0.05, 0) is 19.9 Å². The first kappa shape index (κ1) is 14.7. The number of aromatic nitrogens is 5. The molecule has 9 heteroatoms. The van der Waals surface area contributed by atoms with Crippen LogP contribution in [-0.4, -0.2) is 50.3 Å². The van der Waals surface area contributed by atoms with Gasteiger partial charge in [-0.3, -0.25) is 4.79 Å². The zero-order valence-corrected chi connectivity index (χ0v) is 12.2. The largest absolute Gasteiger partial charge is 0.368 e. The molecule has 1 amide bonds. The Hall–Kier alpha value is -2.71. The Kier molecular flexibility index (Phi) is 4.31. The smallest absolute Gasteiger partial charge is 0.257 e. The molecule has 0 aliphatic rings. The van der Waals surface area contributed by atoms with Gasteiger partial charge in [-0.15, -0.1) is 0 Å². The number of hydrogen-bond donors (Lipinski definition) is 2. The molecule has 0 aliphatic carbocycles. The van der Waals surface area contributed by atoms with E-state index in [1.54, 1.807) is 30.4 Å². The molecule has 0 saturated carbocycles. The molecule has 3 N–H and O–H groups in total. The Morgan fingerprint density at radius 1 is 1.43 bits per heavy atom. The van der Waals surface area contributed by atoms with E-state index in [4.69, 9.17) is 5.73 Å². The lowest BCUT2D eigenvalue weighted by atomic mass is 10.4. The van der Waals surface area contributed by atoms with Crippen molar-refractivity contribution in [1.29, 1.82) is 0 Å². The van der Waals surface area contributed by atoms with Gasteiger partial charge < -0.3 is 16.0 Å². The number of nitrogen functional groups attached to an aromatic ring is 1. The van der Waals surface area contributed by atoms with Crippen molar-refractivity contribution in [3.05, 3.63) is 18.5 Å². The van der Waals surface area contributed by atoms with Gasteiger partial charge in [0.15, 0.2) is 0 Å². The number of nitrogens with zero attached hydrogens (tertiary/aromatic N) is 6. The summed E-state index contributed by atoms with van der Waals surface area (Å²) in [6, 6.07) is 1.83. The number of amides is 1. The van der Waals surface area contributed by atoms with Crippen LogP contribution >= 0.6 is 0 Å². The van der Waals surface area contributed by atoms with Gasteiger partial charge in [-0.2, -0.15) is 20.1 Å². The van der Waals surface area contributed by atoms with Gasteiger partial charge in [-0.1, -0.05) is 0 Å². The maximum absolute atomic E-state index is 11.8. The van der Waals surface area contributed by atoms with E-state index < -0.39 is 0 Å². The van der Waals surface area contributed by atoms with E-state index in [1.165, 1.54) is 4.68 Å². The molecule has 2 aromatic rings. The Balaban J connectivity index is 2.18. The second-order valence-corrected chi connectivity index (χ2v) is 4.82. The quantitative estimate of drug-likeness (QED) is 0.769. The molecule has 0 atom stereocenters. The topological polar surface area (TPSA) is 115 Å². The highest BCUT2D eigenvalue weighted by Crippen LogP contribution is 2.09. The number of nitrogens with one attached hydrogen (secondary N) is 1. The number of rotatable bonds is 5. The van der Waals surface area contributed by atoms with Crippen LogP contribution in [0, 0.1) is 0 Å². The summed E-state index contributed by atoms with van der Waals surface area (Å²) in [4.78, 5) is 25.7. The van der Waals surface area contributed by atoms with Gasteiger partial charge in [0.2, 0.25) is 17.8 Å². The fourth-order valence-electron chi connectivity index (χ4n) is 1.68. The first-order valence-corrected chi connectivity index (χ1v) is 6.48. The highest BCUT2D eigenvalue weighted by Gasteiger charge is 2.13. The van der Waals surface area contributed by atoms with Gasteiger partial charge >= 0.3 is 0 Å². The van der Waals surface area contributed by atoms with E-state index in [2.05, 4.69) is 25.4 Å². The van der Waals surface area contributed by atoms with Crippen LogP contribution in [0.5, 0.6) is 0 Å². The second kappa shape index (κ2) is 6.16. The molecule has 0 saturated heterocycles. The first-order chi connectivity index (χ1) is 9.95. The van der Waals surface area contributed by atoms with Crippen LogP contribution in [0.15, 0.2) is 18.5 Å². The van der Waals surface area contributed by atoms with E-state index in [1.807, 2.05) is 13.8 Å². The molecule has 112 valence electrons. The summed E-state index contributed by atoms with van der Waals surface area (Å²) >= 11 is 0. The van der Waals surface area contributed by atoms with Crippen molar-refractivity contribution >= 4 is 17.8 Å². The Morgan fingerprint density at radius 2 is 2.19 bits per heavy atom. The molecule has 0 aliphatic heterocycles. The summed E-state index contributed by atoms with van der Waals surface area (Å²) in [5.41, 5.74) is 5.68. The Bertz CT molecular complexity index is 610. The van der Waals surface area contributed by atoms with Crippen molar-refractivity contribution in [3.63, 3.8) is 0 Å². The van der Waals surface area contributed by atoms with Gasteiger partial charge in [0.25, 0.3) is 5.95 Å². The fraction of sp³-hybridized carbons (Fsp3) is 0.417. The van der Waals surface area contributed by atoms with E-state index in [9.17, 15) is 4.79 Å². The number of likely N-dealkylation sites (N-methyl/N-ethyl adjacent to an activating group) is 1. The summed E-state index contributed by atoms with van der Waals surface area (Å²) in [6.07, 6.45) is 3.31. The minimum Gasteiger partial charge on any atom is -0.368 e. The van der Waals surface area contributed by atoms with Crippen LogP contribution in [-0.2, 0) is 4.79 Å². The van der Waals surface area contributed by atoms with E-state index >= 15 is 0 Å². The molecular weight excluding hydrogens is 272 g/mol. The van der Waals surface area contributed by atoms with Crippen molar-refractivity contribution in [3.8, 4) is 5.95 Å². The predicted molar refractivity (Wildman–Crippen MR) is 77.9 cm³/mol. The van der Waals surface area contributed by atoms with Crippen LogP contribution in [0.2, 0.25) is 0 Å². The molecule has 0 fully saturated rings. The van der Waals surface area contributed by atoms with Crippen molar-refractivity contribution in [1.82, 2.24) is 30.0 Å². The number of anilines is 2. The van der Waals surface area contributed by atoms with Gasteiger partial charge in [-0.25, -0.2) is 4.68 Å². The lowest BCUT2D eigenvalue weighted by molar-refractivity contribution is -0.120. The minimum absolute atomic E-state index is 0.0709. The number of nitrogens with two attached hydrogens (primary N) is 1. The SMILES string of the molecule is CC(C)NC(=O)CN(C)c1nc(N)nc(-n2cccn2)n1. The van der Waals surface area contributed by atoms with E-state index in [0.29, 0.717) is 11.9 Å². The molecular formula is C12H18N8O. The zero-order valence-electron chi connectivity index (χ0n) is 12.2. The fourth-order valence-corrected chi connectivity index (χ4v) is 1.68. The molecule has 0 aromatic carbocycles. The average Bonchev–Trinajstić information content (AvgIpc) is 2.90. The van der Waals surface area contributed by atoms with E-state index in [-0.39, 0.29) is 24.4 Å². The zero-order chi connectivity index (χ0) is 15.4.